The summed E-state index contributed by atoms with van der Waals surface area (Å²) in [5.41, 5.74) is 4.06. The van der Waals surface area contributed by atoms with Crippen LogP contribution in [0.1, 0.15) is 18.4 Å². The van der Waals surface area contributed by atoms with Gasteiger partial charge in [0.05, 0.1) is 11.9 Å². The minimum atomic E-state index is 0.422. The Bertz CT molecular complexity index is 809. The van der Waals surface area contributed by atoms with E-state index in [1.54, 1.807) is 6.20 Å². The van der Waals surface area contributed by atoms with Crippen LogP contribution >= 0.6 is 11.6 Å². The molecule has 1 fully saturated rings. The normalized spacial score (nSPS) is 13.3. The Morgan fingerprint density at radius 2 is 2.00 bits per heavy atom. The minimum Gasteiger partial charge on any atom is -0.356 e. The number of fused-ring (bicyclic) bond motifs is 1. The molecule has 1 N–H and O–H groups in total. The first-order chi connectivity index (χ1) is 11.2. The van der Waals surface area contributed by atoms with Gasteiger partial charge in [0, 0.05) is 24.0 Å². The molecular formula is C17H17ClN4O. The fourth-order valence-electron chi connectivity index (χ4n) is 2.17. The van der Waals surface area contributed by atoms with E-state index < -0.39 is 0 Å². The van der Waals surface area contributed by atoms with Crippen LogP contribution in [0.5, 0.6) is 0 Å². The van der Waals surface area contributed by atoms with Crippen LogP contribution in [0, 0.1) is 6.92 Å². The summed E-state index contributed by atoms with van der Waals surface area (Å²) in [7, 11) is 0. The topological polar surface area (TPSA) is 59.3 Å². The molecule has 0 aliphatic heterocycles. The number of halogens is 1. The number of imidazole rings is 1. The maximum absolute atomic E-state index is 9.54. The Morgan fingerprint density at radius 3 is 2.61 bits per heavy atom. The zero-order valence-electron chi connectivity index (χ0n) is 12.7. The Morgan fingerprint density at radius 1 is 1.26 bits per heavy atom. The highest BCUT2D eigenvalue weighted by Crippen LogP contribution is 2.23. The van der Waals surface area contributed by atoms with Gasteiger partial charge in [-0.1, -0.05) is 41.4 Å². The van der Waals surface area contributed by atoms with E-state index in [9.17, 15) is 4.79 Å². The van der Waals surface area contributed by atoms with E-state index in [1.807, 2.05) is 16.8 Å². The van der Waals surface area contributed by atoms with Gasteiger partial charge in [-0.2, -0.15) is 0 Å². The summed E-state index contributed by atoms with van der Waals surface area (Å²) in [4.78, 5) is 17.8. The van der Waals surface area contributed by atoms with E-state index in [1.165, 1.54) is 18.4 Å². The molecule has 0 bridgehead atoms. The number of carbonyl (C=O) groups is 1. The molecule has 23 heavy (non-hydrogen) atoms. The van der Waals surface area contributed by atoms with Gasteiger partial charge in [-0.15, -0.1) is 0 Å². The molecular weight excluding hydrogens is 312 g/mol. The third kappa shape index (κ3) is 3.68. The summed E-state index contributed by atoms with van der Waals surface area (Å²) >= 11 is 5.99. The van der Waals surface area contributed by atoms with Gasteiger partial charge < -0.3 is 5.32 Å². The van der Waals surface area contributed by atoms with Crippen molar-refractivity contribution in [1.29, 1.82) is 0 Å². The molecule has 1 aromatic carbocycles. The molecule has 5 nitrogen and oxygen atoms in total. The molecule has 1 aliphatic rings. The van der Waals surface area contributed by atoms with Gasteiger partial charge in [0.2, 0.25) is 6.41 Å². The summed E-state index contributed by atoms with van der Waals surface area (Å²) in [6.07, 6.45) is 8.47. The maximum Gasteiger partial charge on any atom is 0.207 e. The van der Waals surface area contributed by atoms with Crippen LogP contribution < -0.4 is 5.32 Å². The van der Waals surface area contributed by atoms with Crippen molar-refractivity contribution in [1.82, 2.24) is 19.7 Å². The first-order valence-electron chi connectivity index (χ1n) is 7.43. The molecule has 1 aliphatic carbocycles. The van der Waals surface area contributed by atoms with Crippen LogP contribution in [0.3, 0.4) is 0 Å². The largest absolute Gasteiger partial charge is 0.356 e. The lowest BCUT2D eigenvalue weighted by Gasteiger charge is -2.02. The van der Waals surface area contributed by atoms with Crippen molar-refractivity contribution in [2.24, 2.45) is 0 Å². The number of benzene rings is 1. The predicted octanol–water partition coefficient (Wildman–Crippen LogP) is 3.25. The number of amides is 1. The number of rotatable bonds is 3. The second-order valence-electron chi connectivity index (χ2n) is 5.48. The lowest BCUT2D eigenvalue weighted by molar-refractivity contribution is -0.109. The number of nitrogens with zero attached hydrogens (tertiary/aromatic N) is 3. The molecule has 1 saturated carbocycles. The number of aryl methyl sites for hydroxylation is 1. The second-order valence-corrected chi connectivity index (χ2v) is 5.84. The van der Waals surface area contributed by atoms with Gasteiger partial charge in [0.25, 0.3) is 0 Å². The SMILES string of the molecule is Cc1ccc(-c2cnc3c(Cl)nccn23)cc1.O=CNC1CC1. The fourth-order valence-corrected chi connectivity index (χ4v) is 2.37. The average molecular weight is 329 g/mol. The molecule has 0 atom stereocenters. The Balaban J connectivity index is 0.000000220. The number of carbonyl (C=O) groups excluding carboxylic acids is 1. The molecule has 6 heteroatoms. The third-order valence-electron chi connectivity index (χ3n) is 3.61. The second kappa shape index (κ2) is 6.79. The molecule has 2 heterocycles. The molecule has 0 spiro atoms. The molecule has 1 amide bonds. The standard InChI is InChI=1S/C13H10ClN3.C4H7NO/c1-9-2-4-10(5-3-9)11-8-16-13-12(14)15-6-7-17(11)13;6-3-5-4-1-2-4/h2-8H,1H3;3-4H,1-2H2,(H,5,6). The zero-order chi connectivity index (χ0) is 16.2. The van der Waals surface area contributed by atoms with Crippen molar-refractivity contribution in [2.45, 2.75) is 25.8 Å². The van der Waals surface area contributed by atoms with Crippen molar-refractivity contribution in [3.05, 3.63) is 53.6 Å². The number of aromatic nitrogens is 3. The van der Waals surface area contributed by atoms with Gasteiger partial charge >= 0.3 is 0 Å². The van der Waals surface area contributed by atoms with Crippen LogP contribution in [0.25, 0.3) is 16.9 Å². The van der Waals surface area contributed by atoms with E-state index in [0.717, 1.165) is 17.7 Å². The summed E-state index contributed by atoms with van der Waals surface area (Å²) in [5, 5.41) is 3.06. The van der Waals surface area contributed by atoms with E-state index >= 15 is 0 Å². The molecule has 2 aromatic heterocycles. The highest BCUT2D eigenvalue weighted by molar-refractivity contribution is 6.32. The first kappa shape index (κ1) is 15.5. The van der Waals surface area contributed by atoms with Gasteiger partial charge in [-0.25, -0.2) is 9.97 Å². The van der Waals surface area contributed by atoms with E-state index in [-0.39, 0.29) is 0 Å². The molecule has 118 valence electrons. The Labute approximate surface area is 139 Å². The quantitative estimate of drug-likeness (QED) is 0.751. The number of nitrogens with one attached hydrogen (secondary N) is 1. The summed E-state index contributed by atoms with van der Waals surface area (Å²) in [6.45, 7) is 2.07. The molecule has 0 radical (unpaired) electrons. The van der Waals surface area contributed by atoms with Gasteiger partial charge in [-0.3, -0.25) is 9.20 Å². The summed E-state index contributed by atoms with van der Waals surface area (Å²) in [6, 6.07) is 8.84. The molecule has 0 unspecified atom stereocenters. The van der Waals surface area contributed by atoms with Crippen molar-refractivity contribution in [3.63, 3.8) is 0 Å². The third-order valence-corrected chi connectivity index (χ3v) is 3.88. The van der Waals surface area contributed by atoms with E-state index in [2.05, 4.69) is 46.5 Å². The monoisotopic (exact) mass is 328 g/mol. The lowest BCUT2D eigenvalue weighted by Crippen LogP contribution is -2.11. The smallest absolute Gasteiger partial charge is 0.207 e. The maximum atomic E-state index is 9.54. The minimum absolute atomic E-state index is 0.422. The predicted molar refractivity (Wildman–Crippen MR) is 90.4 cm³/mol. The summed E-state index contributed by atoms with van der Waals surface area (Å²) in [5.74, 6) is 0. The van der Waals surface area contributed by atoms with E-state index in [4.69, 9.17) is 11.6 Å². The van der Waals surface area contributed by atoms with Crippen molar-refractivity contribution in [2.75, 3.05) is 0 Å². The molecule has 3 aromatic rings. The van der Waals surface area contributed by atoms with Gasteiger partial charge in [0.1, 0.15) is 0 Å². The van der Waals surface area contributed by atoms with Crippen LogP contribution in [-0.2, 0) is 4.79 Å². The number of hydrogen-bond acceptors (Lipinski definition) is 3. The Kier molecular flexibility index (Phi) is 4.57. The Hall–Kier alpha value is -2.40. The van der Waals surface area contributed by atoms with Crippen LogP contribution in [0.4, 0.5) is 0 Å². The molecule has 0 saturated heterocycles. The van der Waals surface area contributed by atoms with Crippen molar-refractivity contribution < 1.29 is 4.79 Å². The van der Waals surface area contributed by atoms with Crippen molar-refractivity contribution >= 4 is 23.7 Å². The van der Waals surface area contributed by atoms with Gasteiger partial charge in [-0.05, 0) is 19.8 Å². The zero-order valence-corrected chi connectivity index (χ0v) is 13.5. The van der Waals surface area contributed by atoms with Crippen LogP contribution in [0.15, 0.2) is 42.9 Å². The van der Waals surface area contributed by atoms with Crippen LogP contribution in [0.2, 0.25) is 5.15 Å². The first-order valence-corrected chi connectivity index (χ1v) is 7.81. The lowest BCUT2D eigenvalue weighted by atomic mass is 10.1. The van der Waals surface area contributed by atoms with Crippen molar-refractivity contribution in [3.8, 4) is 11.3 Å². The highest BCUT2D eigenvalue weighted by atomic mass is 35.5. The van der Waals surface area contributed by atoms with Gasteiger partial charge in [0.15, 0.2) is 10.8 Å². The fraction of sp³-hybridized carbons (Fsp3) is 0.235. The highest BCUT2D eigenvalue weighted by Gasteiger charge is 2.18. The van der Waals surface area contributed by atoms with E-state index in [0.29, 0.717) is 16.8 Å². The average Bonchev–Trinajstić information content (AvgIpc) is 3.26. The summed E-state index contributed by atoms with van der Waals surface area (Å²) < 4.78 is 1.94. The number of hydrogen-bond donors (Lipinski definition) is 1. The van der Waals surface area contributed by atoms with Crippen LogP contribution in [-0.4, -0.2) is 26.8 Å². The molecule has 4 rings (SSSR count).